The van der Waals surface area contributed by atoms with E-state index in [1.165, 1.54) is 12.5 Å². The molecule has 0 saturated heterocycles. The number of rotatable bonds is 8. The molecular weight excluding hydrogens is 376 g/mol. The molecule has 3 aromatic carbocycles. The van der Waals surface area contributed by atoms with Gasteiger partial charge in [-0.25, -0.2) is 0 Å². The summed E-state index contributed by atoms with van der Waals surface area (Å²) in [6.45, 7) is 5.97. The van der Waals surface area contributed by atoms with Gasteiger partial charge >= 0.3 is 5.97 Å². The second-order valence-corrected chi connectivity index (χ2v) is 7.55. The second-order valence-electron chi connectivity index (χ2n) is 7.55. The standard InChI is InChI=1S/C26H28O4/c1-18(2)25-16-24(30-23-12-10-21(11-13-23)17-29-19(3)27)15-22(26(25)28-4)14-20-8-6-5-7-9-20/h5-13,15-16,18H,14,17H2,1-4H3. The largest absolute Gasteiger partial charge is 0.496 e. The Balaban J connectivity index is 1.87. The van der Waals surface area contributed by atoms with E-state index in [1.54, 1.807) is 7.11 Å². The third-order valence-electron chi connectivity index (χ3n) is 4.83. The number of ether oxygens (including phenoxy) is 3. The molecule has 3 rings (SSSR count). The minimum Gasteiger partial charge on any atom is -0.496 e. The van der Waals surface area contributed by atoms with Crippen molar-refractivity contribution in [3.63, 3.8) is 0 Å². The van der Waals surface area contributed by atoms with E-state index in [0.717, 1.165) is 40.4 Å². The lowest BCUT2D eigenvalue weighted by atomic mass is 9.95. The molecule has 0 aliphatic rings. The maximum atomic E-state index is 11.0. The number of hydrogen-bond donors (Lipinski definition) is 0. The minimum atomic E-state index is -0.291. The molecule has 0 unspecified atom stereocenters. The summed E-state index contributed by atoms with van der Waals surface area (Å²) in [5.41, 5.74) is 4.35. The summed E-state index contributed by atoms with van der Waals surface area (Å²) in [4.78, 5) is 11.0. The van der Waals surface area contributed by atoms with E-state index in [1.807, 2.05) is 54.6 Å². The quantitative estimate of drug-likeness (QED) is 0.415. The van der Waals surface area contributed by atoms with Crippen LogP contribution >= 0.6 is 0 Å². The number of benzene rings is 3. The first kappa shape index (κ1) is 21.4. The Morgan fingerprint density at radius 3 is 2.20 bits per heavy atom. The highest BCUT2D eigenvalue weighted by molar-refractivity contribution is 5.65. The summed E-state index contributed by atoms with van der Waals surface area (Å²) in [6.07, 6.45) is 0.766. The van der Waals surface area contributed by atoms with Crippen LogP contribution in [0.3, 0.4) is 0 Å². The van der Waals surface area contributed by atoms with E-state index >= 15 is 0 Å². The van der Waals surface area contributed by atoms with Gasteiger partial charge in [0, 0.05) is 24.5 Å². The Hall–Kier alpha value is -3.27. The highest BCUT2D eigenvalue weighted by atomic mass is 16.5. The predicted octanol–water partition coefficient (Wildman–Crippen LogP) is 6.26. The highest BCUT2D eigenvalue weighted by Crippen LogP contribution is 2.37. The first-order valence-electron chi connectivity index (χ1n) is 10.1. The Labute approximate surface area is 178 Å². The van der Waals surface area contributed by atoms with Crippen LogP contribution in [0.5, 0.6) is 17.2 Å². The van der Waals surface area contributed by atoms with Gasteiger partial charge in [0.05, 0.1) is 7.11 Å². The predicted molar refractivity (Wildman–Crippen MR) is 118 cm³/mol. The Kier molecular flexibility index (Phi) is 7.12. The maximum Gasteiger partial charge on any atom is 0.302 e. The second kappa shape index (κ2) is 9.97. The van der Waals surface area contributed by atoms with Crippen molar-refractivity contribution in [1.82, 2.24) is 0 Å². The fourth-order valence-corrected chi connectivity index (χ4v) is 3.34. The van der Waals surface area contributed by atoms with Gasteiger partial charge in [-0.3, -0.25) is 4.79 Å². The van der Waals surface area contributed by atoms with Crippen molar-refractivity contribution in [3.05, 3.63) is 89.0 Å². The zero-order valence-electron chi connectivity index (χ0n) is 18.0. The Morgan fingerprint density at radius 2 is 1.60 bits per heavy atom. The molecule has 4 heteroatoms. The van der Waals surface area contributed by atoms with E-state index in [2.05, 4.69) is 26.0 Å². The molecule has 0 radical (unpaired) electrons. The molecule has 0 bridgehead atoms. The van der Waals surface area contributed by atoms with E-state index in [9.17, 15) is 4.79 Å². The third kappa shape index (κ3) is 5.63. The smallest absolute Gasteiger partial charge is 0.302 e. The van der Waals surface area contributed by atoms with Crippen LogP contribution in [0.25, 0.3) is 0 Å². The van der Waals surface area contributed by atoms with Gasteiger partial charge in [0.1, 0.15) is 23.9 Å². The van der Waals surface area contributed by atoms with E-state index < -0.39 is 0 Å². The van der Waals surface area contributed by atoms with Crippen LogP contribution in [-0.2, 0) is 22.6 Å². The van der Waals surface area contributed by atoms with Gasteiger partial charge in [0.2, 0.25) is 0 Å². The molecule has 0 amide bonds. The lowest BCUT2D eigenvalue weighted by Crippen LogP contribution is -2.02. The summed E-state index contributed by atoms with van der Waals surface area (Å²) in [7, 11) is 1.72. The average Bonchev–Trinajstić information content (AvgIpc) is 2.73. The summed E-state index contributed by atoms with van der Waals surface area (Å²) in [6, 6.07) is 22.0. The van der Waals surface area contributed by atoms with Gasteiger partial charge in [-0.05, 0) is 41.3 Å². The third-order valence-corrected chi connectivity index (χ3v) is 4.83. The van der Waals surface area contributed by atoms with Crippen molar-refractivity contribution < 1.29 is 19.0 Å². The maximum absolute atomic E-state index is 11.0. The molecular formula is C26H28O4. The normalized spacial score (nSPS) is 10.7. The summed E-state index contributed by atoms with van der Waals surface area (Å²) in [5, 5.41) is 0. The molecule has 156 valence electrons. The fraction of sp³-hybridized carbons (Fsp3) is 0.269. The lowest BCUT2D eigenvalue weighted by Gasteiger charge is -2.19. The first-order chi connectivity index (χ1) is 14.5. The first-order valence-corrected chi connectivity index (χ1v) is 10.1. The van der Waals surface area contributed by atoms with Crippen molar-refractivity contribution in [1.29, 1.82) is 0 Å². The average molecular weight is 405 g/mol. The van der Waals surface area contributed by atoms with Crippen LogP contribution in [-0.4, -0.2) is 13.1 Å². The molecule has 0 saturated carbocycles. The van der Waals surface area contributed by atoms with Gasteiger partial charge in [0.25, 0.3) is 0 Å². The van der Waals surface area contributed by atoms with Gasteiger partial charge in [-0.2, -0.15) is 0 Å². The molecule has 30 heavy (non-hydrogen) atoms. The monoisotopic (exact) mass is 404 g/mol. The number of carbonyl (C=O) groups excluding carboxylic acids is 1. The van der Waals surface area contributed by atoms with Crippen LogP contribution in [0, 0.1) is 0 Å². The molecule has 0 spiro atoms. The highest BCUT2D eigenvalue weighted by Gasteiger charge is 2.16. The Bertz CT molecular complexity index is 976. The van der Waals surface area contributed by atoms with E-state index in [0.29, 0.717) is 5.92 Å². The summed E-state index contributed by atoms with van der Waals surface area (Å²) >= 11 is 0. The fourth-order valence-electron chi connectivity index (χ4n) is 3.34. The summed E-state index contributed by atoms with van der Waals surface area (Å²) < 4.78 is 17.0. The molecule has 3 aromatic rings. The van der Waals surface area contributed by atoms with Crippen LogP contribution < -0.4 is 9.47 Å². The van der Waals surface area contributed by atoms with Crippen LogP contribution in [0.4, 0.5) is 0 Å². The zero-order valence-corrected chi connectivity index (χ0v) is 18.0. The molecule has 0 N–H and O–H groups in total. The Morgan fingerprint density at radius 1 is 0.900 bits per heavy atom. The molecule has 0 atom stereocenters. The molecule has 0 fully saturated rings. The molecule has 4 nitrogen and oxygen atoms in total. The molecule has 0 heterocycles. The van der Waals surface area contributed by atoms with Crippen LogP contribution in [0.2, 0.25) is 0 Å². The minimum absolute atomic E-state index is 0.261. The number of esters is 1. The van der Waals surface area contributed by atoms with Crippen molar-refractivity contribution >= 4 is 5.97 Å². The van der Waals surface area contributed by atoms with Crippen molar-refractivity contribution in [2.45, 2.75) is 39.7 Å². The van der Waals surface area contributed by atoms with Gasteiger partial charge in [-0.1, -0.05) is 56.3 Å². The molecule has 0 aromatic heterocycles. The number of methoxy groups -OCH3 is 1. The summed E-state index contributed by atoms with van der Waals surface area (Å²) in [5.74, 6) is 2.42. The topological polar surface area (TPSA) is 44.8 Å². The number of carbonyl (C=O) groups is 1. The SMILES string of the molecule is COc1c(Cc2ccccc2)cc(Oc2ccc(COC(C)=O)cc2)cc1C(C)C. The van der Waals surface area contributed by atoms with Gasteiger partial charge in [0.15, 0.2) is 0 Å². The van der Waals surface area contributed by atoms with Crippen LogP contribution in [0.1, 0.15) is 48.9 Å². The lowest BCUT2D eigenvalue weighted by molar-refractivity contribution is -0.142. The zero-order chi connectivity index (χ0) is 21.5. The van der Waals surface area contributed by atoms with Gasteiger partial charge in [-0.15, -0.1) is 0 Å². The van der Waals surface area contributed by atoms with Crippen molar-refractivity contribution in [2.24, 2.45) is 0 Å². The molecule has 0 aliphatic heterocycles. The van der Waals surface area contributed by atoms with E-state index in [4.69, 9.17) is 14.2 Å². The van der Waals surface area contributed by atoms with Crippen LogP contribution in [0.15, 0.2) is 66.7 Å². The van der Waals surface area contributed by atoms with Crippen molar-refractivity contribution in [2.75, 3.05) is 7.11 Å². The number of hydrogen-bond acceptors (Lipinski definition) is 4. The van der Waals surface area contributed by atoms with Gasteiger partial charge < -0.3 is 14.2 Å². The van der Waals surface area contributed by atoms with E-state index in [-0.39, 0.29) is 12.6 Å². The van der Waals surface area contributed by atoms with Crippen molar-refractivity contribution in [3.8, 4) is 17.2 Å². The molecule has 0 aliphatic carbocycles.